The number of aromatic nitrogens is 1. The highest BCUT2D eigenvalue weighted by molar-refractivity contribution is 6.31. The molecule has 5 nitrogen and oxygen atoms in total. The van der Waals surface area contributed by atoms with Crippen molar-refractivity contribution >= 4 is 34.4 Å². The fourth-order valence-electron chi connectivity index (χ4n) is 2.01. The van der Waals surface area contributed by atoms with E-state index in [2.05, 4.69) is 4.98 Å². The first-order valence-electron chi connectivity index (χ1n) is 6.22. The summed E-state index contributed by atoms with van der Waals surface area (Å²) in [4.78, 5) is 25.7. The summed E-state index contributed by atoms with van der Waals surface area (Å²) in [5.74, 6) is -1.55. The van der Waals surface area contributed by atoms with Crippen molar-refractivity contribution in [1.29, 1.82) is 0 Å². The van der Waals surface area contributed by atoms with Crippen LogP contribution in [0.4, 0.5) is 0 Å². The van der Waals surface area contributed by atoms with Gasteiger partial charge in [-0.1, -0.05) is 24.6 Å². The summed E-state index contributed by atoms with van der Waals surface area (Å²) < 4.78 is 5.00. The minimum atomic E-state index is -1.12. The smallest absolute Gasteiger partial charge is 0.352 e. The van der Waals surface area contributed by atoms with Crippen LogP contribution in [0, 0.1) is 0 Å². The number of fused-ring (bicyclic) bond motifs is 1. The van der Waals surface area contributed by atoms with Crippen molar-refractivity contribution in [2.45, 2.75) is 19.8 Å². The molecule has 106 valence electrons. The highest BCUT2D eigenvalue weighted by Gasteiger charge is 2.20. The van der Waals surface area contributed by atoms with Crippen LogP contribution in [-0.2, 0) is 16.0 Å². The molecule has 0 saturated carbocycles. The van der Waals surface area contributed by atoms with E-state index in [0.29, 0.717) is 28.1 Å². The van der Waals surface area contributed by atoms with Crippen LogP contribution < -0.4 is 0 Å². The van der Waals surface area contributed by atoms with Crippen LogP contribution in [0.5, 0.6) is 0 Å². The number of carboxylic acid groups (broad SMARTS) is 1. The molecule has 0 aliphatic carbocycles. The fraction of sp³-hybridized carbons (Fsp3) is 0.286. The SMILES string of the molecule is CCCOC(=O)Cc1c(C(=O)O)[nH]c2cc(Cl)ccc12. The first kappa shape index (κ1) is 14.4. The Kier molecular flexibility index (Phi) is 4.29. The Morgan fingerprint density at radius 3 is 2.80 bits per heavy atom. The third-order valence-corrected chi connectivity index (χ3v) is 3.11. The number of ether oxygens (including phenoxy) is 1. The minimum absolute atomic E-state index is 0.00397. The molecule has 2 N–H and O–H groups in total. The maximum absolute atomic E-state index is 11.7. The molecule has 0 aliphatic heterocycles. The molecule has 0 aliphatic rings. The van der Waals surface area contributed by atoms with Crippen LogP contribution in [0.2, 0.25) is 5.02 Å². The predicted molar refractivity (Wildman–Crippen MR) is 75.2 cm³/mol. The number of carbonyl (C=O) groups excluding carboxylic acids is 1. The number of nitrogens with one attached hydrogen (secondary N) is 1. The lowest BCUT2D eigenvalue weighted by atomic mass is 10.1. The Morgan fingerprint density at radius 1 is 1.40 bits per heavy atom. The van der Waals surface area contributed by atoms with Gasteiger partial charge in [0.05, 0.1) is 13.0 Å². The summed E-state index contributed by atoms with van der Waals surface area (Å²) in [5.41, 5.74) is 1.01. The monoisotopic (exact) mass is 295 g/mol. The molecule has 2 aromatic rings. The zero-order valence-electron chi connectivity index (χ0n) is 10.9. The maximum Gasteiger partial charge on any atom is 0.352 e. The number of aromatic amines is 1. The highest BCUT2D eigenvalue weighted by atomic mass is 35.5. The van der Waals surface area contributed by atoms with Crippen LogP contribution in [0.25, 0.3) is 10.9 Å². The summed E-state index contributed by atoms with van der Waals surface area (Å²) >= 11 is 5.88. The third kappa shape index (κ3) is 2.93. The number of hydrogen-bond acceptors (Lipinski definition) is 3. The molecule has 0 unspecified atom stereocenters. The summed E-state index contributed by atoms with van der Waals surface area (Å²) in [6, 6.07) is 4.98. The second kappa shape index (κ2) is 5.96. The van der Waals surface area contributed by atoms with Crippen molar-refractivity contribution in [3.05, 3.63) is 34.5 Å². The number of H-pyrrole nitrogens is 1. The number of carbonyl (C=O) groups is 2. The van der Waals surface area contributed by atoms with E-state index in [1.165, 1.54) is 0 Å². The van der Waals surface area contributed by atoms with Crippen LogP contribution in [-0.4, -0.2) is 28.6 Å². The average Bonchev–Trinajstić information content (AvgIpc) is 2.74. The largest absolute Gasteiger partial charge is 0.477 e. The summed E-state index contributed by atoms with van der Waals surface area (Å²) in [5, 5.41) is 10.4. The van der Waals surface area contributed by atoms with Crippen molar-refractivity contribution in [2.75, 3.05) is 6.61 Å². The molecule has 1 aromatic carbocycles. The first-order valence-corrected chi connectivity index (χ1v) is 6.59. The van der Waals surface area contributed by atoms with Crippen LogP contribution in [0.15, 0.2) is 18.2 Å². The lowest BCUT2D eigenvalue weighted by Gasteiger charge is -2.03. The molecule has 2 rings (SSSR count). The lowest BCUT2D eigenvalue weighted by molar-refractivity contribution is -0.142. The molecule has 1 heterocycles. The summed E-state index contributed by atoms with van der Waals surface area (Å²) in [6.45, 7) is 2.22. The zero-order chi connectivity index (χ0) is 14.7. The number of hydrogen-bond donors (Lipinski definition) is 2. The number of benzene rings is 1. The van der Waals surface area contributed by atoms with Gasteiger partial charge in [-0.25, -0.2) is 4.79 Å². The van der Waals surface area contributed by atoms with Crippen molar-refractivity contribution in [2.24, 2.45) is 0 Å². The molecular formula is C14H14ClNO4. The molecule has 0 bridgehead atoms. The molecule has 0 fully saturated rings. The molecular weight excluding hydrogens is 282 g/mol. The van der Waals surface area contributed by atoms with Crippen molar-refractivity contribution in [3.8, 4) is 0 Å². The zero-order valence-corrected chi connectivity index (χ0v) is 11.7. The third-order valence-electron chi connectivity index (χ3n) is 2.87. The van der Waals surface area contributed by atoms with Gasteiger partial charge in [-0.2, -0.15) is 0 Å². The van der Waals surface area contributed by atoms with Crippen molar-refractivity contribution in [1.82, 2.24) is 4.98 Å². The number of carboxylic acids is 1. The van der Waals surface area contributed by atoms with E-state index in [9.17, 15) is 14.7 Å². The molecule has 1 aromatic heterocycles. The molecule has 0 radical (unpaired) electrons. The quantitative estimate of drug-likeness (QED) is 0.831. The number of halogens is 1. The molecule has 0 atom stereocenters. The van der Waals surface area contributed by atoms with E-state index in [0.717, 1.165) is 6.42 Å². The second-order valence-corrected chi connectivity index (χ2v) is 4.81. The minimum Gasteiger partial charge on any atom is -0.477 e. The predicted octanol–water partition coefficient (Wildman–Crippen LogP) is 3.02. The number of aromatic carboxylic acids is 1. The van der Waals surface area contributed by atoms with Gasteiger partial charge in [0.25, 0.3) is 0 Å². The van der Waals surface area contributed by atoms with Gasteiger partial charge < -0.3 is 14.8 Å². The van der Waals surface area contributed by atoms with E-state index in [1.54, 1.807) is 18.2 Å². The highest BCUT2D eigenvalue weighted by Crippen LogP contribution is 2.26. The van der Waals surface area contributed by atoms with Gasteiger partial charge in [0.1, 0.15) is 5.69 Å². The fourth-order valence-corrected chi connectivity index (χ4v) is 2.18. The van der Waals surface area contributed by atoms with Gasteiger partial charge in [-0.3, -0.25) is 4.79 Å². The van der Waals surface area contributed by atoms with Crippen LogP contribution in [0.1, 0.15) is 29.4 Å². The molecule has 0 spiro atoms. The lowest BCUT2D eigenvalue weighted by Crippen LogP contribution is -2.11. The van der Waals surface area contributed by atoms with Gasteiger partial charge >= 0.3 is 11.9 Å². The first-order chi connectivity index (χ1) is 9.52. The average molecular weight is 296 g/mol. The normalized spacial score (nSPS) is 10.7. The summed E-state index contributed by atoms with van der Waals surface area (Å²) in [7, 11) is 0. The Hall–Kier alpha value is -2.01. The van der Waals surface area contributed by atoms with Crippen molar-refractivity contribution in [3.63, 3.8) is 0 Å². The Balaban J connectivity index is 2.41. The van der Waals surface area contributed by atoms with Gasteiger partial charge in [0.2, 0.25) is 0 Å². The van der Waals surface area contributed by atoms with Crippen LogP contribution >= 0.6 is 11.6 Å². The number of esters is 1. The molecule has 20 heavy (non-hydrogen) atoms. The standard InChI is InChI=1S/C14H14ClNO4/c1-2-5-20-12(17)7-10-9-4-3-8(15)6-11(9)16-13(10)14(18)19/h3-4,6,16H,2,5,7H2,1H3,(H,18,19). The van der Waals surface area contributed by atoms with Gasteiger partial charge in [-0.15, -0.1) is 0 Å². The van der Waals surface area contributed by atoms with Crippen LogP contribution in [0.3, 0.4) is 0 Å². The van der Waals surface area contributed by atoms with E-state index >= 15 is 0 Å². The van der Waals surface area contributed by atoms with E-state index < -0.39 is 11.9 Å². The van der Waals surface area contributed by atoms with E-state index in [-0.39, 0.29) is 12.1 Å². The molecule has 0 amide bonds. The Morgan fingerprint density at radius 2 is 2.15 bits per heavy atom. The molecule has 6 heteroatoms. The maximum atomic E-state index is 11.7. The van der Waals surface area contributed by atoms with E-state index in [4.69, 9.17) is 16.3 Å². The molecule has 0 saturated heterocycles. The van der Waals surface area contributed by atoms with Gasteiger partial charge in [-0.05, 0) is 18.6 Å². The topological polar surface area (TPSA) is 79.4 Å². The second-order valence-electron chi connectivity index (χ2n) is 4.37. The van der Waals surface area contributed by atoms with Gasteiger partial charge in [0.15, 0.2) is 0 Å². The number of rotatable bonds is 5. The summed E-state index contributed by atoms with van der Waals surface area (Å²) in [6.07, 6.45) is 0.643. The van der Waals surface area contributed by atoms with Gasteiger partial charge in [0, 0.05) is 21.5 Å². The Bertz CT molecular complexity index is 662. The van der Waals surface area contributed by atoms with E-state index in [1.807, 2.05) is 6.92 Å². The Labute approximate surface area is 120 Å². The van der Waals surface area contributed by atoms with Crippen molar-refractivity contribution < 1.29 is 19.4 Å².